The number of carbonyl (C=O) groups is 2. The number of hydrogen-bond acceptors (Lipinski definition) is 4. The van der Waals surface area contributed by atoms with E-state index in [-0.39, 0.29) is 22.4 Å². The maximum Gasteiger partial charge on any atom is 0.341 e. The lowest BCUT2D eigenvalue weighted by Crippen LogP contribution is -2.27. The summed E-state index contributed by atoms with van der Waals surface area (Å²) in [5.41, 5.74) is 0.744. The summed E-state index contributed by atoms with van der Waals surface area (Å²) in [5.74, 6) is 0.269. The molecule has 19 heavy (non-hydrogen) atoms. The maximum absolute atomic E-state index is 12.0. The van der Waals surface area contributed by atoms with Gasteiger partial charge in [-0.15, -0.1) is 0 Å². The summed E-state index contributed by atoms with van der Waals surface area (Å²) in [6.45, 7) is 0.548. The normalized spacial score (nSPS) is 18.8. The number of rotatable bonds is 3. The highest BCUT2D eigenvalue weighted by molar-refractivity contribution is 7.80. The Hall–Kier alpha value is -1.20. The highest BCUT2D eigenvalue weighted by Gasteiger charge is 2.32. The zero-order chi connectivity index (χ0) is 14.0. The Kier molecular flexibility index (Phi) is 4.37. The Morgan fingerprint density at radius 2 is 2.32 bits per heavy atom. The number of halogens is 1. The van der Waals surface area contributed by atoms with E-state index in [0.29, 0.717) is 24.4 Å². The molecule has 0 N–H and O–H groups in total. The van der Waals surface area contributed by atoms with Gasteiger partial charge in [-0.3, -0.25) is 4.79 Å². The van der Waals surface area contributed by atoms with Crippen molar-refractivity contribution in [3.63, 3.8) is 0 Å². The molecule has 1 saturated heterocycles. The van der Waals surface area contributed by atoms with Crippen LogP contribution in [0.15, 0.2) is 18.2 Å². The van der Waals surface area contributed by atoms with Crippen LogP contribution in [0, 0.1) is 5.92 Å². The number of methoxy groups -OCH3 is 1. The van der Waals surface area contributed by atoms with Gasteiger partial charge in [-0.1, -0.05) is 17.7 Å². The van der Waals surface area contributed by atoms with E-state index >= 15 is 0 Å². The van der Waals surface area contributed by atoms with Gasteiger partial charge in [0.2, 0.25) is 5.91 Å². The van der Waals surface area contributed by atoms with Gasteiger partial charge in [0.1, 0.15) is 5.56 Å². The number of ether oxygens (including phenoxy) is 1. The molecule has 2 rings (SSSR count). The fourth-order valence-corrected chi connectivity index (χ4v) is 2.67. The van der Waals surface area contributed by atoms with Gasteiger partial charge in [0.05, 0.1) is 17.8 Å². The van der Waals surface area contributed by atoms with E-state index in [2.05, 4.69) is 12.6 Å². The van der Waals surface area contributed by atoms with Gasteiger partial charge in [0.15, 0.2) is 0 Å². The Morgan fingerprint density at radius 3 is 2.89 bits per heavy atom. The van der Waals surface area contributed by atoms with Crippen molar-refractivity contribution in [1.82, 2.24) is 0 Å². The zero-order valence-corrected chi connectivity index (χ0v) is 12.1. The number of nitrogens with zero attached hydrogens (tertiary/aromatic N) is 1. The second-order valence-electron chi connectivity index (χ2n) is 4.38. The Bertz CT molecular complexity index is 521. The van der Waals surface area contributed by atoms with Crippen molar-refractivity contribution in [3.8, 4) is 0 Å². The molecular weight excluding hydrogens is 286 g/mol. The van der Waals surface area contributed by atoms with Gasteiger partial charge in [-0.25, -0.2) is 4.79 Å². The van der Waals surface area contributed by atoms with Gasteiger partial charge < -0.3 is 9.64 Å². The third kappa shape index (κ3) is 2.72. The van der Waals surface area contributed by atoms with Crippen molar-refractivity contribution in [2.75, 3.05) is 24.3 Å². The van der Waals surface area contributed by atoms with Crippen LogP contribution in [0.5, 0.6) is 0 Å². The molecule has 0 saturated carbocycles. The molecule has 0 aliphatic carbocycles. The van der Waals surface area contributed by atoms with Crippen LogP contribution in [0.4, 0.5) is 5.69 Å². The number of thiol groups is 1. The predicted molar refractivity (Wildman–Crippen MR) is 77.1 cm³/mol. The average Bonchev–Trinajstić information content (AvgIpc) is 2.79. The summed E-state index contributed by atoms with van der Waals surface area (Å²) in [6, 6.07) is 5.02. The largest absolute Gasteiger partial charge is 0.465 e. The minimum Gasteiger partial charge on any atom is -0.465 e. The topological polar surface area (TPSA) is 46.6 Å². The minimum atomic E-state index is -0.539. The van der Waals surface area contributed by atoms with E-state index in [1.54, 1.807) is 23.1 Å². The summed E-state index contributed by atoms with van der Waals surface area (Å²) in [6.07, 6.45) is 0.441. The molecule has 1 aromatic carbocycles. The Balaban J connectivity index is 2.43. The highest BCUT2D eigenvalue weighted by Crippen LogP contribution is 2.32. The summed E-state index contributed by atoms with van der Waals surface area (Å²) < 4.78 is 4.73. The first-order chi connectivity index (χ1) is 9.08. The lowest BCUT2D eigenvalue weighted by atomic mass is 10.1. The molecule has 6 heteroatoms. The Labute approximate surface area is 122 Å². The summed E-state index contributed by atoms with van der Waals surface area (Å²) in [7, 11) is 1.29. The number of amides is 1. The molecular formula is C13H14ClNO3S. The second kappa shape index (κ2) is 5.84. The van der Waals surface area contributed by atoms with Crippen LogP contribution in [0.3, 0.4) is 0 Å². The maximum atomic E-state index is 12.0. The van der Waals surface area contributed by atoms with E-state index in [9.17, 15) is 9.59 Å². The van der Waals surface area contributed by atoms with Gasteiger partial charge in [-0.2, -0.15) is 12.6 Å². The monoisotopic (exact) mass is 299 g/mol. The van der Waals surface area contributed by atoms with Crippen LogP contribution in [0.25, 0.3) is 0 Å². The van der Waals surface area contributed by atoms with E-state index in [1.807, 2.05) is 0 Å². The standard InChI is InChI=1S/C13H14ClNO3S/c1-18-13(17)12-9(14)3-2-4-10(12)15-6-8(7-19)5-11(15)16/h2-4,8,19H,5-7H2,1H3. The first-order valence-electron chi connectivity index (χ1n) is 5.86. The van der Waals surface area contributed by atoms with E-state index in [1.165, 1.54) is 7.11 Å². The van der Waals surface area contributed by atoms with Crippen molar-refractivity contribution >= 4 is 41.8 Å². The average molecular weight is 300 g/mol. The molecule has 1 unspecified atom stereocenters. The quantitative estimate of drug-likeness (QED) is 0.689. The first kappa shape index (κ1) is 14.2. The number of carbonyl (C=O) groups excluding carboxylic acids is 2. The molecule has 1 atom stereocenters. The number of anilines is 1. The number of esters is 1. The van der Waals surface area contributed by atoms with Gasteiger partial charge in [-0.05, 0) is 23.8 Å². The molecule has 0 aromatic heterocycles. The molecule has 1 aromatic rings. The van der Waals surface area contributed by atoms with Crippen LogP contribution in [-0.2, 0) is 9.53 Å². The molecule has 0 bridgehead atoms. The molecule has 1 fully saturated rings. The Morgan fingerprint density at radius 1 is 1.58 bits per heavy atom. The van der Waals surface area contributed by atoms with Crippen molar-refractivity contribution in [3.05, 3.63) is 28.8 Å². The molecule has 1 amide bonds. The third-order valence-electron chi connectivity index (χ3n) is 3.14. The van der Waals surface area contributed by atoms with Gasteiger partial charge >= 0.3 is 5.97 Å². The summed E-state index contributed by atoms with van der Waals surface area (Å²) in [5, 5.41) is 0.284. The van der Waals surface area contributed by atoms with E-state index in [4.69, 9.17) is 16.3 Å². The molecule has 1 aliphatic rings. The van der Waals surface area contributed by atoms with Gasteiger partial charge in [0.25, 0.3) is 0 Å². The smallest absolute Gasteiger partial charge is 0.341 e. The molecule has 0 spiro atoms. The summed E-state index contributed by atoms with van der Waals surface area (Å²) in [4.78, 5) is 25.4. The van der Waals surface area contributed by atoms with Gasteiger partial charge in [0, 0.05) is 13.0 Å². The fourth-order valence-electron chi connectivity index (χ4n) is 2.18. The lowest BCUT2D eigenvalue weighted by molar-refractivity contribution is -0.117. The number of hydrogen-bond donors (Lipinski definition) is 1. The molecule has 0 radical (unpaired) electrons. The van der Waals surface area contributed by atoms with Crippen LogP contribution < -0.4 is 4.90 Å². The van der Waals surface area contributed by atoms with Crippen molar-refractivity contribution < 1.29 is 14.3 Å². The molecule has 4 nitrogen and oxygen atoms in total. The first-order valence-corrected chi connectivity index (χ1v) is 6.87. The lowest BCUT2D eigenvalue weighted by Gasteiger charge is -2.20. The van der Waals surface area contributed by atoms with Crippen LogP contribution in [0.2, 0.25) is 5.02 Å². The SMILES string of the molecule is COC(=O)c1c(Cl)cccc1N1CC(CS)CC1=O. The third-order valence-corrected chi connectivity index (χ3v) is 3.97. The van der Waals surface area contributed by atoms with Crippen LogP contribution >= 0.6 is 24.2 Å². The minimum absolute atomic E-state index is 0.0218. The van der Waals surface area contributed by atoms with Crippen molar-refractivity contribution in [2.24, 2.45) is 5.92 Å². The van der Waals surface area contributed by atoms with Crippen LogP contribution in [0.1, 0.15) is 16.8 Å². The van der Waals surface area contributed by atoms with Crippen LogP contribution in [-0.4, -0.2) is 31.3 Å². The molecule has 1 aliphatic heterocycles. The highest BCUT2D eigenvalue weighted by atomic mass is 35.5. The van der Waals surface area contributed by atoms with E-state index in [0.717, 1.165) is 0 Å². The summed E-state index contributed by atoms with van der Waals surface area (Å²) >= 11 is 10.3. The second-order valence-corrected chi connectivity index (χ2v) is 5.15. The fraction of sp³-hybridized carbons (Fsp3) is 0.385. The van der Waals surface area contributed by atoms with E-state index < -0.39 is 5.97 Å². The predicted octanol–water partition coefficient (Wildman–Crippen LogP) is 2.41. The molecule has 1 heterocycles. The zero-order valence-electron chi connectivity index (χ0n) is 10.4. The van der Waals surface area contributed by atoms with Crippen molar-refractivity contribution in [1.29, 1.82) is 0 Å². The van der Waals surface area contributed by atoms with Crippen molar-refractivity contribution in [2.45, 2.75) is 6.42 Å². The molecule has 102 valence electrons. The number of benzene rings is 1.